The van der Waals surface area contributed by atoms with Gasteiger partial charge < -0.3 is 28.4 Å². The van der Waals surface area contributed by atoms with Gasteiger partial charge in [0, 0.05) is 4.47 Å². The zero-order chi connectivity index (χ0) is 37.6. The van der Waals surface area contributed by atoms with E-state index in [0.29, 0.717) is 66.8 Å². The molecule has 0 saturated heterocycles. The average Bonchev–Trinajstić information content (AvgIpc) is 3.46. The van der Waals surface area contributed by atoms with E-state index >= 15 is 0 Å². The van der Waals surface area contributed by atoms with E-state index in [2.05, 4.69) is 45.2 Å². The predicted molar refractivity (Wildman–Crippen MR) is 204 cm³/mol. The largest absolute Gasteiger partial charge is 0.493 e. The predicted octanol–water partition coefficient (Wildman–Crippen LogP) is 6.25. The third-order valence-electron chi connectivity index (χ3n) is 8.45. The van der Waals surface area contributed by atoms with Gasteiger partial charge >= 0.3 is 11.9 Å². The van der Waals surface area contributed by atoms with E-state index in [4.69, 9.17) is 28.4 Å². The summed E-state index contributed by atoms with van der Waals surface area (Å²) in [4.78, 5) is 44.6. The second-order valence-corrected chi connectivity index (χ2v) is 13.7. The number of halogens is 1. The molecule has 0 bridgehead atoms. The summed E-state index contributed by atoms with van der Waals surface area (Å²) >= 11 is 4.86. The summed E-state index contributed by atoms with van der Waals surface area (Å²) in [6, 6.07) is 22.1. The van der Waals surface area contributed by atoms with E-state index in [1.165, 1.54) is 23.0 Å². The van der Waals surface area contributed by atoms with Gasteiger partial charge in [-0.05, 0) is 84.6 Å². The van der Waals surface area contributed by atoms with Crippen LogP contribution in [0.3, 0.4) is 0 Å². The zero-order valence-corrected chi connectivity index (χ0v) is 32.2. The third kappa shape index (κ3) is 8.01. The summed E-state index contributed by atoms with van der Waals surface area (Å²) in [7, 11) is 2.83. The molecule has 6 rings (SSSR count). The number of nitrogens with zero attached hydrogens (tertiary/aromatic N) is 2. The zero-order valence-electron chi connectivity index (χ0n) is 29.8. The second kappa shape index (κ2) is 16.5. The Morgan fingerprint density at radius 3 is 2.40 bits per heavy atom. The summed E-state index contributed by atoms with van der Waals surface area (Å²) in [5, 5.41) is 2.28. The lowest BCUT2D eigenvalue weighted by Crippen LogP contribution is -2.40. The van der Waals surface area contributed by atoms with Crippen LogP contribution in [-0.2, 0) is 25.7 Å². The fourth-order valence-corrected chi connectivity index (χ4v) is 7.42. The van der Waals surface area contributed by atoms with Gasteiger partial charge in [0.25, 0.3) is 5.56 Å². The number of carbonyl (C=O) groups excluding carboxylic acids is 2. The molecule has 53 heavy (non-hydrogen) atoms. The van der Waals surface area contributed by atoms with Crippen LogP contribution in [0.15, 0.2) is 98.3 Å². The van der Waals surface area contributed by atoms with Crippen LogP contribution in [-0.4, -0.2) is 50.5 Å². The van der Waals surface area contributed by atoms with Gasteiger partial charge in [0.15, 0.2) is 34.4 Å². The van der Waals surface area contributed by atoms with Gasteiger partial charge in [0.2, 0.25) is 0 Å². The highest BCUT2D eigenvalue weighted by molar-refractivity contribution is 9.10. The molecular weight excluding hydrogens is 764 g/mol. The molecule has 1 aliphatic heterocycles. The molecule has 1 aromatic heterocycles. The molecule has 5 aromatic rings. The number of aromatic nitrogens is 1. The number of methoxy groups -OCH3 is 2. The van der Waals surface area contributed by atoms with Crippen molar-refractivity contribution in [1.82, 2.24) is 4.57 Å². The molecule has 0 unspecified atom stereocenters. The number of allylic oxidation sites excluding steroid dienone is 1. The van der Waals surface area contributed by atoms with Gasteiger partial charge in [-0.1, -0.05) is 69.7 Å². The monoisotopic (exact) mass is 800 g/mol. The van der Waals surface area contributed by atoms with Crippen LogP contribution in [0.1, 0.15) is 43.5 Å². The van der Waals surface area contributed by atoms with Crippen LogP contribution in [0.4, 0.5) is 0 Å². The molecule has 13 heteroatoms. The van der Waals surface area contributed by atoms with Crippen molar-refractivity contribution in [3.63, 3.8) is 0 Å². The summed E-state index contributed by atoms with van der Waals surface area (Å²) < 4.78 is 36.1. The van der Waals surface area contributed by atoms with Crippen molar-refractivity contribution < 1.29 is 38.0 Å². The Morgan fingerprint density at radius 1 is 0.887 bits per heavy atom. The Labute approximate surface area is 317 Å². The van der Waals surface area contributed by atoms with E-state index in [9.17, 15) is 14.4 Å². The minimum Gasteiger partial charge on any atom is -0.493 e. The van der Waals surface area contributed by atoms with Crippen LogP contribution in [0, 0.1) is 0 Å². The lowest BCUT2D eigenvalue weighted by molar-refractivity contribution is -0.143. The smallest absolute Gasteiger partial charge is 0.343 e. The van der Waals surface area contributed by atoms with Crippen molar-refractivity contribution in [3.05, 3.63) is 125 Å². The van der Waals surface area contributed by atoms with Crippen molar-refractivity contribution in [3.8, 4) is 23.0 Å². The standard InChI is InChI=1S/C40H37BrN2O9S/c1-6-49-32-17-27(14-15-30(32)52-22-35(44)48-5)37-36(39(46)50-7-2)23(3)42-40-43(37)38(45)34(53-40)19-28-18-31(47-4)33(20-29(28)41)51-21-24-12-13-25-10-8-9-11-26(25)16-24/h8-20,37H,6-7,21-22H2,1-5H3/b34-19-/t37-/m0/s1. The summed E-state index contributed by atoms with van der Waals surface area (Å²) in [6.45, 7) is 5.68. The minimum atomic E-state index is -0.898. The number of fused-ring (bicyclic) bond motifs is 2. The van der Waals surface area contributed by atoms with Gasteiger partial charge in [-0.2, -0.15) is 0 Å². The Hall–Kier alpha value is -5.40. The van der Waals surface area contributed by atoms with E-state index in [1.54, 1.807) is 51.3 Å². The van der Waals surface area contributed by atoms with Crippen molar-refractivity contribution in [2.24, 2.45) is 4.99 Å². The number of benzene rings is 4. The normalized spacial score (nSPS) is 14.0. The maximum absolute atomic E-state index is 14.3. The van der Waals surface area contributed by atoms with Crippen LogP contribution < -0.4 is 33.8 Å². The van der Waals surface area contributed by atoms with Crippen molar-refractivity contribution in [2.45, 2.75) is 33.4 Å². The van der Waals surface area contributed by atoms with Crippen LogP contribution >= 0.6 is 27.3 Å². The molecule has 0 spiro atoms. The van der Waals surface area contributed by atoms with Crippen LogP contribution in [0.2, 0.25) is 0 Å². The van der Waals surface area contributed by atoms with Crippen LogP contribution in [0.25, 0.3) is 16.8 Å². The van der Waals surface area contributed by atoms with Crippen molar-refractivity contribution in [2.75, 3.05) is 34.0 Å². The molecular formula is C40H37BrN2O9S. The Balaban J connectivity index is 1.39. The molecule has 4 aromatic carbocycles. The Morgan fingerprint density at radius 2 is 1.66 bits per heavy atom. The quantitative estimate of drug-likeness (QED) is 0.127. The number of carbonyl (C=O) groups is 2. The molecule has 274 valence electrons. The fraction of sp³-hybridized carbons (Fsp3) is 0.250. The molecule has 2 heterocycles. The SMILES string of the molecule is CCOC(=O)C1=C(C)N=c2s/c(=C\c3cc(OC)c(OCc4ccc5ccccc5c4)cc3Br)c(=O)n2[C@H]1c1ccc(OCC(=O)OC)c(OCC)c1. The van der Waals surface area contributed by atoms with Gasteiger partial charge in [-0.15, -0.1) is 0 Å². The van der Waals surface area contributed by atoms with E-state index in [-0.39, 0.29) is 24.3 Å². The maximum Gasteiger partial charge on any atom is 0.343 e. The molecule has 1 aliphatic rings. The Kier molecular flexibility index (Phi) is 11.6. The number of hydrogen-bond acceptors (Lipinski definition) is 11. The molecule has 0 amide bonds. The van der Waals surface area contributed by atoms with E-state index in [1.807, 2.05) is 31.2 Å². The fourth-order valence-electron chi connectivity index (χ4n) is 5.95. The van der Waals surface area contributed by atoms with Gasteiger partial charge in [0.05, 0.1) is 49.3 Å². The van der Waals surface area contributed by atoms with E-state index < -0.39 is 18.0 Å². The second-order valence-electron chi connectivity index (χ2n) is 11.8. The number of hydrogen-bond donors (Lipinski definition) is 0. The topological polar surface area (TPSA) is 124 Å². The summed E-state index contributed by atoms with van der Waals surface area (Å²) in [5.41, 5.74) is 2.51. The highest BCUT2D eigenvalue weighted by Crippen LogP contribution is 2.37. The molecule has 0 N–H and O–H groups in total. The summed E-state index contributed by atoms with van der Waals surface area (Å²) in [6.07, 6.45) is 1.75. The van der Waals surface area contributed by atoms with Crippen LogP contribution in [0.5, 0.6) is 23.0 Å². The highest BCUT2D eigenvalue weighted by atomic mass is 79.9. The maximum atomic E-state index is 14.3. The van der Waals surface area contributed by atoms with Crippen molar-refractivity contribution >= 4 is 56.1 Å². The first-order chi connectivity index (χ1) is 25.6. The first-order valence-corrected chi connectivity index (χ1v) is 18.4. The third-order valence-corrected chi connectivity index (χ3v) is 10.1. The highest BCUT2D eigenvalue weighted by Gasteiger charge is 2.34. The summed E-state index contributed by atoms with van der Waals surface area (Å²) in [5.74, 6) is 0.500. The van der Waals surface area contributed by atoms with E-state index in [0.717, 1.165) is 16.3 Å². The number of ether oxygens (including phenoxy) is 6. The van der Waals surface area contributed by atoms with Crippen molar-refractivity contribution in [1.29, 1.82) is 0 Å². The average molecular weight is 802 g/mol. The van der Waals surface area contributed by atoms with Gasteiger partial charge in [0.1, 0.15) is 6.61 Å². The first-order valence-electron chi connectivity index (χ1n) is 16.8. The number of esters is 2. The molecule has 0 saturated carbocycles. The van der Waals surface area contributed by atoms with Gasteiger partial charge in [-0.3, -0.25) is 9.36 Å². The molecule has 1 atom stereocenters. The van der Waals surface area contributed by atoms with Gasteiger partial charge in [-0.25, -0.2) is 14.6 Å². The number of rotatable bonds is 13. The first kappa shape index (κ1) is 37.4. The lowest BCUT2D eigenvalue weighted by Gasteiger charge is -2.25. The Bertz CT molecular complexity index is 2420. The number of thiazole rings is 1. The molecule has 0 fully saturated rings. The lowest BCUT2D eigenvalue weighted by atomic mass is 9.95. The molecule has 11 nitrogen and oxygen atoms in total. The molecule has 0 radical (unpaired) electrons. The molecule has 0 aliphatic carbocycles. The minimum absolute atomic E-state index is 0.134.